The fourth-order valence-corrected chi connectivity index (χ4v) is 4.36. The highest BCUT2D eigenvalue weighted by atomic mass is 16.5. The maximum Gasteiger partial charge on any atom is 0.337 e. The molecule has 42 heavy (non-hydrogen) atoms. The van der Waals surface area contributed by atoms with Gasteiger partial charge in [0.25, 0.3) is 0 Å². The molecule has 1 heterocycles. The lowest BCUT2D eigenvalue weighted by atomic mass is 10.1. The molecule has 232 valence electrons. The first-order valence-corrected chi connectivity index (χ1v) is 13.1. The van der Waals surface area contributed by atoms with Crippen molar-refractivity contribution in [2.75, 3.05) is 98.1 Å². The van der Waals surface area contributed by atoms with Crippen LogP contribution >= 0.6 is 0 Å². The number of rotatable bonds is 11. The maximum atomic E-state index is 13.1. The largest absolute Gasteiger partial charge is 0.480 e. The molecule has 0 bridgehead atoms. The Morgan fingerprint density at radius 1 is 0.595 bits per heavy atom. The fraction of sp³-hybridized carbons (Fsp3) is 0.538. The van der Waals surface area contributed by atoms with E-state index >= 15 is 0 Å². The number of anilines is 1. The van der Waals surface area contributed by atoms with E-state index in [4.69, 9.17) is 9.47 Å². The third-order valence-corrected chi connectivity index (χ3v) is 6.43. The van der Waals surface area contributed by atoms with Crippen molar-refractivity contribution in [1.29, 1.82) is 0 Å². The number of hydrogen-bond donors (Lipinski definition) is 4. The lowest BCUT2D eigenvalue weighted by molar-refractivity contribution is -0.140. The summed E-state index contributed by atoms with van der Waals surface area (Å²) in [6.45, 7) is 0.946. The van der Waals surface area contributed by atoms with E-state index in [1.165, 1.54) is 32.4 Å². The van der Waals surface area contributed by atoms with Crippen molar-refractivity contribution in [3.05, 3.63) is 29.3 Å². The average molecular weight is 596 g/mol. The highest BCUT2D eigenvalue weighted by Crippen LogP contribution is 2.17. The first kappa shape index (κ1) is 34.1. The minimum absolute atomic E-state index is 0.0209. The van der Waals surface area contributed by atoms with E-state index in [1.807, 2.05) is 0 Å². The number of carbonyl (C=O) groups is 6. The van der Waals surface area contributed by atoms with E-state index in [2.05, 4.69) is 5.32 Å². The van der Waals surface area contributed by atoms with Crippen LogP contribution in [-0.4, -0.2) is 163 Å². The van der Waals surface area contributed by atoms with Crippen LogP contribution < -0.4 is 5.32 Å². The van der Waals surface area contributed by atoms with E-state index in [0.29, 0.717) is 0 Å². The minimum Gasteiger partial charge on any atom is -0.480 e. The van der Waals surface area contributed by atoms with Crippen molar-refractivity contribution >= 4 is 41.4 Å². The van der Waals surface area contributed by atoms with Gasteiger partial charge in [-0.25, -0.2) is 9.59 Å². The number of carboxylic acids is 3. The van der Waals surface area contributed by atoms with Crippen molar-refractivity contribution < 1.29 is 53.6 Å². The molecule has 1 saturated heterocycles. The van der Waals surface area contributed by atoms with Crippen LogP contribution in [0.4, 0.5) is 5.69 Å². The maximum absolute atomic E-state index is 13.1. The molecule has 0 aliphatic carbocycles. The molecule has 0 atom stereocenters. The molecule has 16 heteroatoms. The van der Waals surface area contributed by atoms with Crippen LogP contribution in [0.3, 0.4) is 0 Å². The van der Waals surface area contributed by atoms with Gasteiger partial charge in [-0.15, -0.1) is 0 Å². The topological polar surface area (TPSA) is 207 Å². The molecule has 1 aromatic carbocycles. The van der Waals surface area contributed by atoms with Gasteiger partial charge in [-0.05, 0) is 18.2 Å². The molecule has 0 radical (unpaired) electrons. The molecule has 1 aromatic rings. The van der Waals surface area contributed by atoms with Crippen LogP contribution in [0.1, 0.15) is 20.7 Å². The lowest BCUT2D eigenvalue weighted by Crippen LogP contribution is -2.49. The summed E-state index contributed by atoms with van der Waals surface area (Å²) in [4.78, 5) is 78.1. The van der Waals surface area contributed by atoms with Crippen molar-refractivity contribution in [3.8, 4) is 0 Å². The zero-order chi connectivity index (χ0) is 31.2. The predicted molar refractivity (Wildman–Crippen MR) is 146 cm³/mol. The summed E-state index contributed by atoms with van der Waals surface area (Å²) in [5, 5.41) is 30.6. The highest BCUT2D eigenvalue weighted by molar-refractivity contribution is 5.99. The summed E-state index contributed by atoms with van der Waals surface area (Å²) in [6, 6.07) is 3.96. The van der Waals surface area contributed by atoms with E-state index in [0.717, 1.165) is 0 Å². The number of benzene rings is 1. The number of hydrogen-bond acceptors (Lipinski definition) is 12. The second kappa shape index (κ2) is 17.0. The van der Waals surface area contributed by atoms with E-state index in [-0.39, 0.29) is 95.4 Å². The zero-order valence-electron chi connectivity index (χ0n) is 23.6. The van der Waals surface area contributed by atoms with Gasteiger partial charge in [0.05, 0.1) is 51.5 Å². The molecule has 1 fully saturated rings. The number of methoxy groups -OCH3 is 2. The molecule has 1 amide bonds. The van der Waals surface area contributed by atoms with E-state index in [1.54, 1.807) is 19.6 Å². The molecule has 0 unspecified atom stereocenters. The van der Waals surface area contributed by atoms with Crippen LogP contribution in [0.15, 0.2) is 18.2 Å². The number of amides is 1. The molecule has 1 aliphatic heterocycles. The first-order valence-electron chi connectivity index (χ1n) is 13.1. The highest BCUT2D eigenvalue weighted by Gasteiger charge is 2.22. The predicted octanol–water partition coefficient (Wildman–Crippen LogP) is -1.33. The third kappa shape index (κ3) is 12.2. The molecule has 16 nitrogen and oxygen atoms in total. The lowest BCUT2D eigenvalue weighted by Gasteiger charge is -2.32. The average Bonchev–Trinajstić information content (AvgIpc) is 2.92. The molecule has 0 saturated carbocycles. The molecule has 4 N–H and O–H groups in total. The first-order chi connectivity index (χ1) is 19.9. The van der Waals surface area contributed by atoms with Gasteiger partial charge >= 0.3 is 29.8 Å². The number of nitrogens with one attached hydrogen (secondary N) is 1. The number of carbonyl (C=O) groups excluding carboxylic acids is 3. The Bertz CT molecular complexity index is 1080. The summed E-state index contributed by atoms with van der Waals surface area (Å²) in [5.41, 5.74) is 0.191. The van der Waals surface area contributed by atoms with Crippen LogP contribution in [0.25, 0.3) is 0 Å². The van der Waals surface area contributed by atoms with Gasteiger partial charge in [-0.3, -0.25) is 38.8 Å². The van der Waals surface area contributed by atoms with E-state index in [9.17, 15) is 44.1 Å². The fourth-order valence-electron chi connectivity index (χ4n) is 4.36. The number of ether oxygens (including phenoxy) is 2. The van der Waals surface area contributed by atoms with Gasteiger partial charge in [0.15, 0.2) is 0 Å². The van der Waals surface area contributed by atoms with Gasteiger partial charge in [0.2, 0.25) is 5.91 Å². The molecular weight excluding hydrogens is 558 g/mol. The van der Waals surface area contributed by atoms with Gasteiger partial charge in [0, 0.05) is 58.0 Å². The molecule has 0 aromatic heterocycles. The van der Waals surface area contributed by atoms with Crippen LogP contribution in [0.5, 0.6) is 0 Å². The van der Waals surface area contributed by atoms with Gasteiger partial charge in [0.1, 0.15) is 0 Å². The minimum atomic E-state index is -1.06. The van der Waals surface area contributed by atoms with Gasteiger partial charge < -0.3 is 30.1 Å². The summed E-state index contributed by atoms with van der Waals surface area (Å²) < 4.78 is 9.43. The zero-order valence-corrected chi connectivity index (χ0v) is 23.6. The third-order valence-electron chi connectivity index (χ3n) is 6.43. The summed E-state index contributed by atoms with van der Waals surface area (Å²) in [7, 11) is 2.35. The molecule has 2 rings (SSSR count). The Kier molecular flexibility index (Phi) is 13.8. The smallest absolute Gasteiger partial charge is 0.337 e. The monoisotopic (exact) mass is 595 g/mol. The number of aliphatic carboxylic acids is 3. The number of esters is 2. The molecule has 0 spiro atoms. The van der Waals surface area contributed by atoms with Crippen molar-refractivity contribution in [3.63, 3.8) is 0 Å². The Morgan fingerprint density at radius 3 is 1.19 bits per heavy atom. The number of nitrogens with zero attached hydrogens (tertiary/aromatic N) is 4. The quantitative estimate of drug-likeness (QED) is 0.219. The van der Waals surface area contributed by atoms with Crippen molar-refractivity contribution in [2.24, 2.45) is 0 Å². The molecular formula is C26H37N5O11. The SMILES string of the molecule is COC(=O)c1cc(NC(=O)CN2CCN(CC(=O)O)CCN(CC(=O)O)CCN(CC(=O)O)CC2)cc(C(=O)OC)c1. The van der Waals surface area contributed by atoms with Crippen molar-refractivity contribution in [2.45, 2.75) is 0 Å². The van der Waals surface area contributed by atoms with E-state index < -0.39 is 35.8 Å². The summed E-state index contributed by atoms with van der Waals surface area (Å²) >= 11 is 0. The molecule has 1 aliphatic rings. The Balaban J connectivity index is 2.23. The van der Waals surface area contributed by atoms with Crippen LogP contribution in [-0.2, 0) is 28.7 Å². The van der Waals surface area contributed by atoms with Crippen LogP contribution in [0, 0.1) is 0 Å². The van der Waals surface area contributed by atoms with Crippen molar-refractivity contribution in [1.82, 2.24) is 19.6 Å². The van der Waals surface area contributed by atoms with Gasteiger partial charge in [-0.2, -0.15) is 0 Å². The van der Waals surface area contributed by atoms with Crippen LogP contribution in [0.2, 0.25) is 0 Å². The van der Waals surface area contributed by atoms with Gasteiger partial charge in [-0.1, -0.05) is 0 Å². The normalized spacial score (nSPS) is 16.4. The second-order valence-corrected chi connectivity index (χ2v) is 9.62. The summed E-state index contributed by atoms with van der Waals surface area (Å²) in [5.74, 6) is -5.12. The summed E-state index contributed by atoms with van der Waals surface area (Å²) in [6.07, 6.45) is 0. The standard InChI is InChI=1S/C26H37N5O11/c1-41-25(39)18-11-19(26(40)42-2)13-20(12-18)27-21(32)14-28-3-5-29(15-22(33)34)7-9-31(17-24(37)38)10-8-30(6-4-28)16-23(35)36/h11-13H,3-10,14-17H2,1-2H3,(H,27,32)(H,33,34)(H,35,36)(H,37,38). The Hall–Kier alpha value is -4.12. The number of carboxylic acid groups (broad SMARTS) is 3. The Morgan fingerprint density at radius 2 is 0.905 bits per heavy atom. The Labute approximate surface area is 242 Å². The second-order valence-electron chi connectivity index (χ2n) is 9.62.